The van der Waals surface area contributed by atoms with E-state index < -0.39 is 11.7 Å². The number of nitrogens with zero attached hydrogens (tertiary/aromatic N) is 2. The van der Waals surface area contributed by atoms with Gasteiger partial charge in [0.15, 0.2) is 5.96 Å². The Bertz CT molecular complexity index is 587. The molecule has 2 rings (SSSR count). The first-order chi connectivity index (χ1) is 11.9. The van der Waals surface area contributed by atoms with E-state index in [9.17, 15) is 13.2 Å². The fraction of sp³-hybridized carbons (Fsp3) is 0.562. The van der Waals surface area contributed by atoms with Crippen LogP contribution in [0.15, 0.2) is 23.2 Å². The number of hydrogen-bond donors (Lipinski definition) is 2. The minimum Gasteiger partial charge on any atom is -0.383 e. The van der Waals surface area contributed by atoms with Crippen LogP contribution >= 0.6 is 0 Å². The van der Waals surface area contributed by atoms with Gasteiger partial charge in [-0.1, -0.05) is 6.07 Å². The maximum Gasteiger partial charge on any atom is 0.416 e. The van der Waals surface area contributed by atoms with Crippen molar-refractivity contribution in [2.75, 3.05) is 51.5 Å². The molecule has 1 heterocycles. The lowest BCUT2D eigenvalue weighted by Gasteiger charge is -2.29. The molecule has 0 amide bonds. The van der Waals surface area contributed by atoms with Gasteiger partial charge in [0.05, 0.1) is 31.9 Å². The molecule has 0 atom stereocenters. The monoisotopic (exact) mass is 360 g/mol. The fourth-order valence-corrected chi connectivity index (χ4v) is 2.49. The average molecular weight is 360 g/mol. The largest absolute Gasteiger partial charge is 0.416 e. The number of morpholine rings is 1. The van der Waals surface area contributed by atoms with Crippen molar-refractivity contribution in [3.05, 3.63) is 29.3 Å². The quantitative estimate of drug-likeness (QED) is 0.458. The summed E-state index contributed by atoms with van der Waals surface area (Å²) in [6, 6.07) is 4.31. The molecule has 0 unspecified atom stereocenters. The van der Waals surface area contributed by atoms with Gasteiger partial charge in [0.1, 0.15) is 0 Å². The molecule has 25 heavy (non-hydrogen) atoms. The Labute approximate surface area is 144 Å². The SMILES string of the molecule is COCCNC(N)=NCc1ccc(N2CCOCC2)cc1C(F)(F)F. The van der Waals surface area contributed by atoms with E-state index in [1.807, 2.05) is 4.90 Å². The standard InChI is InChI=1S/C16H23F3N4O2/c1-24-7-4-21-15(20)22-11-12-2-3-13(10-14(12)16(17,18)19)23-5-8-25-9-6-23/h2-3,10H,4-9,11H2,1H3,(H3,20,21,22). The van der Waals surface area contributed by atoms with E-state index in [2.05, 4.69) is 10.3 Å². The summed E-state index contributed by atoms with van der Waals surface area (Å²) in [6.07, 6.45) is -4.45. The van der Waals surface area contributed by atoms with E-state index in [1.54, 1.807) is 13.2 Å². The van der Waals surface area contributed by atoms with Gasteiger partial charge in [-0.3, -0.25) is 0 Å². The summed E-state index contributed by atoms with van der Waals surface area (Å²) in [5.74, 6) is 0.0856. The molecule has 0 aliphatic carbocycles. The molecule has 0 spiro atoms. The van der Waals surface area contributed by atoms with E-state index in [0.717, 1.165) is 0 Å². The van der Waals surface area contributed by atoms with Crippen molar-refractivity contribution < 1.29 is 22.6 Å². The highest BCUT2D eigenvalue weighted by molar-refractivity contribution is 5.77. The number of rotatable bonds is 6. The van der Waals surface area contributed by atoms with Crippen molar-refractivity contribution in [2.45, 2.75) is 12.7 Å². The molecule has 140 valence electrons. The lowest BCUT2D eigenvalue weighted by Crippen LogP contribution is -2.36. The molecule has 1 aliphatic heterocycles. The number of anilines is 1. The number of alkyl halides is 3. The van der Waals surface area contributed by atoms with Crippen LogP contribution in [-0.4, -0.2) is 52.5 Å². The first kappa shape index (κ1) is 19.3. The second kappa shape index (κ2) is 8.91. The number of nitrogens with two attached hydrogens (primary N) is 1. The van der Waals surface area contributed by atoms with Crippen LogP contribution in [0.2, 0.25) is 0 Å². The van der Waals surface area contributed by atoms with Gasteiger partial charge >= 0.3 is 6.18 Å². The molecular formula is C16H23F3N4O2. The van der Waals surface area contributed by atoms with Crippen LogP contribution in [0.3, 0.4) is 0 Å². The Morgan fingerprint density at radius 1 is 1.36 bits per heavy atom. The second-order valence-corrected chi connectivity index (χ2v) is 5.56. The molecular weight excluding hydrogens is 337 g/mol. The number of guanidine groups is 1. The molecule has 1 aliphatic rings. The minimum absolute atomic E-state index is 0.0843. The zero-order valence-corrected chi connectivity index (χ0v) is 14.1. The summed E-state index contributed by atoms with van der Waals surface area (Å²) in [5, 5.41) is 2.77. The lowest BCUT2D eigenvalue weighted by molar-refractivity contribution is -0.138. The summed E-state index contributed by atoms with van der Waals surface area (Å²) in [7, 11) is 1.54. The van der Waals surface area contributed by atoms with E-state index in [-0.39, 0.29) is 18.1 Å². The van der Waals surface area contributed by atoms with E-state index in [1.165, 1.54) is 12.1 Å². The maximum atomic E-state index is 13.4. The van der Waals surface area contributed by atoms with Gasteiger partial charge in [-0.15, -0.1) is 0 Å². The van der Waals surface area contributed by atoms with Crippen molar-refractivity contribution in [2.24, 2.45) is 10.7 Å². The third-order valence-electron chi connectivity index (χ3n) is 3.81. The molecule has 1 aromatic rings. The van der Waals surface area contributed by atoms with Crippen molar-refractivity contribution in [1.29, 1.82) is 0 Å². The number of nitrogens with one attached hydrogen (secondary N) is 1. The highest BCUT2D eigenvalue weighted by Crippen LogP contribution is 2.35. The highest BCUT2D eigenvalue weighted by Gasteiger charge is 2.34. The van der Waals surface area contributed by atoms with Crippen molar-refractivity contribution in [3.8, 4) is 0 Å². The molecule has 1 aromatic carbocycles. The second-order valence-electron chi connectivity index (χ2n) is 5.56. The van der Waals surface area contributed by atoms with Gasteiger partial charge in [-0.05, 0) is 17.7 Å². The third-order valence-corrected chi connectivity index (χ3v) is 3.81. The molecule has 1 fully saturated rings. The van der Waals surface area contributed by atoms with Crippen LogP contribution in [0.4, 0.5) is 18.9 Å². The minimum atomic E-state index is -4.45. The Morgan fingerprint density at radius 2 is 2.08 bits per heavy atom. The molecule has 0 saturated carbocycles. The number of ether oxygens (including phenoxy) is 2. The lowest BCUT2D eigenvalue weighted by atomic mass is 10.1. The number of halogens is 3. The summed E-state index contributed by atoms with van der Waals surface area (Å²) in [6.45, 7) is 2.89. The summed E-state index contributed by atoms with van der Waals surface area (Å²) in [4.78, 5) is 5.86. The molecule has 1 saturated heterocycles. The molecule has 0 aromatic heterocycles. The zero-order chi connectivity index (χ0) is 18.3. The maximum absolute atomic E-state index is 13.4. The zero-order valence-electron chi connectivity index (χ0n) is 14.1. The number of hydrogen-bond acceptors (Lipinski definition) is 4. The van der Waals surface area contributed by atoms with Crippen LogP contribution in [-0.2, 0) is 22.2 Å². The van der Waals surface area contributed by atoms with E-state index >= 15 is 0 Å². The van der Waals surface area contributed by atoms with Gasteiger partial charge in [-0.25, -0.2) is 4.99 Å². The van der Waals surface area contributed by atoms with Crippen molar-refractivity contribution >= 4 is 11.6 Å². The van der Waals surface area contributed by atoms with Gasteiger partial charge in [0.25, 0.3) is 0 Å². The predicted octanol–water partition coefficient (Wildman–Crippen LogP) is 1.59. The smallest absolute Gasteiger partial charge is 0.383 e. The Morgan fingerprint density at radius 3 is 2.72 bits per heavy atom. The van der Waals surface area contributed by atoms with E-state index in [0.29, 0.717) is 45.1 Å². The highest BCUT2D eigenvalue weighted by atomic mass is 19.4. The number of benzene rings is 1. The molecule has 0 bridgehead atoms. The van der Waals surface area contributed by atoms with Gasteiger partial charge in [0.2, 0.25) is 0 Å². The normalized spacial score (nSPS) is 16.2. The van der Waals surface area contributed by atoms with Crippen LogP contribution in [0.1, 0.15) is 11.1 Å². The Kier molecular flexibility index (Phi) is 6.89. The molecule has 3 N–H and O–H groups in total. The van der Waals surface area contributed by atoms with E-state index in [4.69, 9.17) is 15.2 Å². The summed E-state index contributed by atoms with van der Waals surface area (Å²) < 4.78 is 50.3. The van der Waals surface area contributed by atoms with Crippen LogP contribution in [0.5, 0.6) is 0 Å². The first-order valence-electron chi connectivity index (χ1n) is 7.97. The summed E-state index contributed by atoms with van der Waals surface area (Å²) >= 11 is 0. The number of aliphatic imine (C=N–C) groups is 1. The molecule has 6 nitrogen and oxygen atoms in total. The summed E-state index contributed by atoms with van der Waals surface area (Å²) in [5.41, 5.74) is 5.58. The molecule has 0 radical (unpaired) electrons. The van der Waals surface area contributed by atoms with Crippen molar-refractivity contribution in [3.63, 3.8) is 0 Å². The third kappa shape index (κ3) is 5.79. The number of methoxy groups -OCH3 is 1. The van der Waals surface area contributed by atoms with Crippen molar-refractivity contribution in [1.82, 2.24) is 5.32 Å². The Balaban J connectivity index is 2.15. The average Bonchev–Trinajstić information content (AvgIpc) is 2.60. The van der Waals surface area contributed by atoms with Gasteiger partial charge < -0.3 is 25.4 Å². The topological polar surface area (TPSA) is 72.1 Å². The predicted molar refractivity (Wildman–Crippen MR) is 89.7 cm³/mol. The van der Waals surface area contributed by atoms with Crippen LogP contribution in [0, 0.1) is 0 Å². The van der Waals surface area contributed by atoms with Gasteiger partial charge in [-0.2, -0.15) is 13.2 Å². The fourth-order valence-electron chi connectivity index (χ4n) is 2.49. The van der Waals surface area contributed by atoms with Crippen LogP contribution in [0.25, 0.3) is 0 Å². The molecule has 9 heteroatoms. The Hall–Kier alpha value is -2.00. The first-order valence-corrected chi connectivity index (χ1v) is 7.97. The van der Waals surface area contributed by atoms with Crippen LogP contribution < -0.4 is 16.0 Å². The van der Waals surface area contributed by atoms with Gasteiger partial charge in [0, 0.05) is 32.4 Å².